The van der Waals surface area contributed by atoms with E-state index in [1.54, 1.807) is 17.9 Å². The summed E-state index contributed by atoms with van der Waals surface area (Å²) in [5.74, 6) is -2.45. The highest BCUT2D eigenvalue weighted by molar-refractivity contribution is 7.89. The zero-order valence-electron chi connectivity index (χ0n) is 14.5. The molecule has 0 spiro atoms. The minimum absolute atomic E-state index is 0.175. The summed E-state index contributed by atoms with van der Waals surface area (Å²) in [6.07, 6.45) is 3.57. The number of hydrogen-bond acceptors (Lipinski definition) is 3. The molecule has 0 saturated heterocycles. The molecule has 8 heteroatoms. The van der Waals surface area contributed by atoms with Crippen molar-refractivity contribution < 1.29 is 17.2 Å². The molecular weight excluding hydrogens is 372 g/mol. The van der Waals surface area contributed by atoms with Crippen molar-refractivity contribution in [3.63, 3.8) is 0 Å². The molecule has 0 aliphatic carbocycles. The molecule has 3 aromatic rings. The zero-order chi connectivity index (χ0) is 19.2. The molecule has 0 radical (unpaired) electrons. The van der Waals surface area contributed by atoms with Crippen molar-refractivity contribution in [3.8, 4) is 0 Å². The molecule has 1 aliphatic rings. The Labute approximate surface area is 155 Å². The Bertz CT molecular complexity index is 1110. The van der Waals surface area contributed by atoms with Gasteiger partial charge in [0.25, 0.3) is 0 Å². The van der Waals surface area contributed by atoms with Crippen LogP contribution in [0.25, 0.3) is 0 Å². The Morgan fingerprint density at radius 1 is 1.11 bits per heavy atom. The number of benzene rings is 2. The van der Waals surface area contributed by atoms with Gasteiger partial charge in [-0.15, -0.1) is 0 Å². The zero-order valence-corrected chi connectivity index (χ0v) is 15.3. The number of rotatable bonds is 3. The van der Waals surface area contributed by atoms with Crippen molar-refractivity contribution in [2.75, 3.05) is 6.54 Å². The van der Waals surface area contributed by atoms with E-state index in [4.69, 9.17) is 0 Å². The molecule has 1 unspecified atom stereocenters. The van der Waals surface area contributed by atoms with Gasteiger partial charge in [-0.2, -0.15) is 9.40 Å². The van der Waals surface area contributed by atoms with Gasteiger partial charge in [0, 0.05) is 32.3 Å². The second-order valence-electron chi connectivity index (χ2n) is 6.57. The highest BCUT2D eigenvalue weighted by Crippen LogP contribution is 2.35. The monoisotopic (exact) mass is 389 g/mol. The van der Waals surface area contributed by atoms with Gasteiger partial charge in [0.2, 0.25) is 10.0 Å². The molecule has 0 fully saturated rings. The highest BCUT2D eigenvalue weighted by Gasteiger charge is 2.34. The average Bonchev–Trinajstić information content (AvgIpc) is 3.09. The van der Waals surface area contributed by atoms with Crippen LogP contribution in [-0.4, -0.2) is 29.0 Å². The van der Waals surface area contributed by atoms with Crippen LogP contribution in [0.3, 0.4) is 0 Å². The molecule has 4 rings (SSSR count). The normalized spacial score (nSPS) is 17.7. The lowest BCUT2D eigenvalue weighted by atomic mass is 9.87. The van der Waals surface area contributed by atoms with Crippen molar-refractivity contribution in [1.29, 1.82) is 0 Å². The Balaban J connectivity index is 1.77. The van der Waals surface area contributed by atoms with E-state index in [2.05, 4.69) is 5.10 Å². The van der Waals surface area contributed by atoms with Gasteiger partial charge in [-0.05, 0) is 34.9 Å². The summed E-state index contributed by atoms with van der Waals surface area (Å²) in [7, 11) is -2.18. The van der Waals surface area contributed by atoms with Gasteiger partial charge in [-0.25, -0.2) is 17.2 Å². The maximum atomic E-state index is 13.6. The Kier molecular flexibility index (Phi) is 4.32. The standard InChI is InChI=1S/C19H17F2N3O2S/c1-23-10-14(9-22-23)17-12-24(11-13-4-2-3-5-16(13)17)27(25,26)15-6-7-18(20)19(21)8-15/h2-10,17H,11-12H2,1H3. The van der Waals surface area contributed by atoms with Crippen LogP contribution in [0.4, 0.5) is 8.78 Å². The fourth-order valence-corrected chi connectivity index (χ4v) is 4.89. The first-order valence-electron chi connectivity index (χ1n) is 8.38. The number of halogens is 2. The second-order valence-corrected chi connectivity index (χ2v) is 8.51. The van der Waals surface area contributed by atoms with Gasteiger partial charge in [0.05, 0.1) is 11.1 Å². The smallest absolute Gasteiger partial charge is 0.243 e. The van der Waals surface area contributed by atoms with Gasteiger partial charge in [-0.1, -0.05) is 24.3 Å². The molecular formula is C19H17F2N3O2S. The van der Waals surface area contributed by atoms with E-state index in [0.717, 1.165) is 34.9 Å². The van der Waals surface area contributed by atoms with Crippen molar-refractivity contribution in [1.82, 2.24) is 14.1 Å². The van der Waals surface area contributed by atoms with E-state index in [0.29, 0.717) is 0 Å². The molecule has 0 amide bonds. The van der Waals surface area contributed by atoms with Crippen molar-refractivity contribution in [2.24, 2.45) is 7.05 Å². The molecule has 5 nitrogen and oxygen atoms in total. The number of sulfonamides is 1. The third kappa shape index (κ3) is 3.15. The molecule has 0 bridgehead atoms. The van der Waals surface area contributed by atoms with Crippen molar-refractivity contribution >= 4 is 10.0 Å². The first-order chi connectivity index (χ1) is 12.9. The predicted octanol–water partition coefficient (Wildman–Crippen LogP) is 3.03. The van der Waals surface area contributed by atoms with E-state index in [1.165, 1.54) is 4.31 Å². The SMILES string of the molecule is Cn1cc(C2CN(S(=O)(=O)c3ccc(F)c(F)c3)Cc3ccccc32)cn1. The summed E-state index contributed by atoms with van der Waals surface area (Å²) in [6, 6.07) is 10.3. The third-order valence-electron chi connectivity index (χ3n) is 4.82. The summed E-state index contributed by atoms with van der Waals surface area (Å²) in [6.45, 7) is 0.373. The Morgan fingerprint density at radius 2 is 1.89 bits per heavy atom. The molecule has 0 N–H and O–H groups in total. The summed E-state index contributed by atoms with van der Waals surface area (Å²) in [5.41, 5.74) is 2.82. The second kappa shape index (κ2) is 6.54. The van der Waals surface area contributed by atoms with Crippen molar-refractivity contribution in [3.05, 3.63) is 83.2 Å². The van der Waals surface area contributed by atoms with Crippen molar-refractivity contribution in [2.45, 2.75) is 17.4 Å². The fourth-order valence-electron chi connectivity index (χ4n) is 3.45. The van der Waals surface area contributed by atoms with Crippen LogP contribution in [0.15, 0.2) is 59.8 Å². The van der Waals surface area contributed by atoms with Gasteiger partial charge in [0.1, 0.15) is 0 Å². The number of nitrogens with zero attached hydrogens (tertiary/aromatic N) is 3. The Morgan fingerprint density at radius 3 is 2.59 bits per heavy atom. The van der Waals surface area contributed by atoms with Gasteiger partial charge < -0.3 is 0 Å². The summed E-state index contributed by atoms with van der Waals surface area (Å²) < 4.78 is 55.9. The molecule has 0 saturated carbocycles. The van der Waals surface area contributed by atoms with Crippen LogP contribution in [0.1, 0.15) is 22.6 Å². The van der Waals surface area contributed by atoms with Crippen LogP contribution < -0.4 is 0 Å². The first kappa shape index (κ1) is 17.8. The van der Waals surface area contributed by atoms with Crippen LogP contribution in [0.2, 0.25) is 0 Å². The minimum atomic E-state index is -3.98. The molecule has 1 aromatic heterocycles. The topological polar surface area (TPSA) is 55.2 Å². The maximum Gasteiger partial charge on any atom is 0.243 e. The maximum absolute atomic E-state index is 13.6. The quantitative estimate of drug-likeness (QED) is 0.692. The van der Waals surface area contributed by atoms with Crippen LogP contribution in [-0.2, 0) is 23.6 Å². The van der Waals surface area contributed by atoms with E-state index in [-0.39, 0.29) is 23.9 Å². The van der Waals surface area contributed by atoms with E-state index in [9.17, 15) is 17.2 Å². The van der Waals surface area contributed by atoms with E-state index < -0.39 is 21.7 Å². The number of hydrogen-bond donors (Lipinski definition) is 0. The molecule has 1 aliphatic heterocycles. The fraction of sp³-hybridized carbons (Fsp3) is 0.211. The third-order valence-corrected chi connectivity index (χ3v) is 6.63. The van der Waals surface area contributed by atoms with E-state index in [1.807, 2.05) is 30.5 Å². The molecule has 27 heavy (non-hydrogen) atoms. The molecule has 2 heterocycles. The van der Waals surface area contributed by atoms with Gasteiger partial charge >= 0.3 is 0 Å². The lowest BCUT2D eigenvalue weighted by Crippen LogP contribution is -2.38. The highest BCUT2D eigenvalue weighted by atomic mass is 32.2. The van der Waals surface area contributed by atoms with Crippen LogP contribution in [0, 0.1) is 11.6 Å². The summed E-state index contributed by atoms with van der Waals surface area (Å²) >= 11 is 0. The largest absolute Gasteiger partial charge is 0.276 e. The lowest BCUT2D eigenvalue weighted by molar-refractivity contribution is 0.371. The number of fused-ring (bicyclic) bond motifs is 1. The predicted molar refractivity (Wildman–Crippen MR) is 95.4 cm³/mol. The van der Waals surface area contributed by atoms with Gasteiger partial charge in [0.15, 0.2) is 11.6 Å². The van der Waals surface area contributed by atoms with E-state index >= 15 is 0 Å². The molecule has 2 aromatic carbocycles. The van der Waals surface area contributed by atoms with Gasteiger partial charge in [-0.3, -0.25) is 4.68 Å². The Hall–Kier alpha value is -2.58. The molecule has 1 atom stereocenters. The average molecular weight is 389 g/mol. The summed E-state index contributed by atoms with van der Waals surface area (Å²) in [5, 5.41) is 4.19. The number of aryl methyl sites for hydroxylation is 1. The number of aromatic nitrogens is 2. The van der Waals surface area contributed by atoms with Crippen LogP contribution >= 0.6 is 0 Å². The summed E-state index contributed by atoms with van der Waals surface area (Å²) in [4.78, 5) is -0.259. The first-order valence-corrected chi connectivity index (χ1v) is 9.82. The van der Waals surface area contributed by atoms with Crippen LogP contribution in [0.5, 0.6) is 0 Å². The molecule has 140 valence electrons. The minimum Gasteiger partial charge on any atom is -0.276 e. The lowest BCUT2D eigenvalue weighted by Gasteiger charge is -2.33.